The van der Waals surface area contributed by atoms with Gasteiger partial charge in [0.2, 0.25) is 5.91 Å². The summed E-state index contributed by atoms with van der Waals surface area (Å²) in [5, 5.41) is 2.99. The Morgan fingerprint density at radius 3 is 2.22 bits per heavy atom. The zero-order chi connectivity index (χ0) is 13.9. The van der Waals surface area contributed by atoms with Gasteiger partial charge >= 0.3 is 0 Å². The molecule has 0 unspecified atom stereocenters. The van der Waals surface area contributed by atoms with Crippen molar-refractivity contribution < 1.29 is 4.79 Å². The fourth-order valence-electron chi connectivity index (χ4n) is 2.38. The minimum Gasteiger partial charge on any atom is -0.398 e. The topological polar surface area (TPSA) is 55.1 Å². The van der Waals surface area contributed by atoms with Gasteiger partial charge in [-0.15, -0.1) is 0 Å². The lowest BCUT2D eigenvalue weighted by Gasteiger charge is -2.24. The van der Waals surface area contributed by atoms with Crippen LogP contribution in [0.5, 0.6) is 0 Å². The van der Waals surface area contributed by atoms with Crippen molar-refractivity contribution in [1.29, 1.82) is 0 Å². The Morgan fingerprint density at radius 2 is 1.72 bits per heavy atom. The number of hydrogen-bond acceptors (Lipinski definition) is 2. The molecule has 3 nitrogen and oxygen atoms in total. The van der Waals surface area contributed by atoms with Gasteiger partial charge in [0.1, 0.15) is 0 Å². The quantitative estimate of drug-likeness (QED) is 0.802. The van der Waals surface area contributed by atoms with E-state index in [4.69, 9.17) is 5.73 Å². The molecule has 0 saturated heterocycles. The molecule has 18 heavy (non-hydrogen) atoms. The summed E-state index contributed by atoms with van der Waals surface area (Å²) in [6.07, 6.45) is 0. The third kappa shape index (κ3) is 3.25. The number of carbonyl (C=O) groups is 1. The molecule has 1 aromatic rings. The Labute approximate surface area is 110 Å². The van der Waals surface area contributed by atoms with Crippen molar-refractivity contribution in [3.05, 3.63) is 23.8 Å². The summed E-state index contributed by atoms with van der Waals surface area (Å²) in [4.78, 5) is 12.3. The van der Waals surface area contributed by atoms with E-state index in [2.05, 4.69) is 33.0 Å². The summed E-state index contributed by atoms with van der Waals surface area (Å²) in [7, 11) is 0. The van der Waals surface area contributed by atoms with Crippen LogP contribution >= 0.6 is 0 Å². The summed E-state index contributed by atoms with van der Waals surface area (Å²) < 4.78 is 0. The SMILES string of the molecule is Cc1c(N)cccc1NC(=O)C(C(C)C)C(C)C. The maximum Gasteiger partial charge on any atom is 0.228 e. The molecule has 0 atom stereocenters. The summed E-state index contributed by atoms with van der Waals surface area (Å²) in [6, 6.07) is 5.59. The van der Waals surface area contributed by atoms with Gasteiger partial charge in [-0.05, 0) is 36.5 Å². The average Bonchev–Trinajstić information content (AvgIpc) is 2.23. The monoisotopic (exact) mass is 248 g/mol. The molecule has 0 fully saturated rings. The van der Waals surface area contributed by atoms with Crippen molar-refractivity contribution in [1.82, 2.24) is 0 Å². The van der Waals surface area contributed by atoms with Crippen molar-refractivity contribution in [3.8, 4) is 0 Å². The number of amides is 1. The first-order valence-electron chi connectivity index (χ1n) is 6.50. The Hall–Kier alpha value is -1.51. The third-order valence-corrected chi connectivity index (χ3v) is 3.37. The number of carbonyl (C=O) groups excluding carboxylic acids is 1. The van der Waals surface area contributed by atoms with Crippen LogP contribution in [0, 0.1) is 24.7 Å². The fourth-order valence-corrected chi connectivity index (χ4v) is 2.38. The first kappa shape index (κ1) is 14.6. The van der Waals surface area contributed by atoms with Crippen LogP contribution in [-0.2, 0) is 4.79 Å². The molecule has 3 N–H and O–H groups in total. The van der Waals surface area contributed by atoms with Gasteiger partial charge in [-0.3, -0.25) is 4.79 Å². The van der Waals surface area contributed by atoms with Gasteiger partial charge in [0, 0.05) is 17.3 Å². The maximum absolute atomic E-state index is 12.3. The van der Waals surface area contributed by atoms with Gasteiger partial charge in [0.05, 0.1) is 0 Å². The highest BCUT2D eigenvalue weighted by Gasteiger charge is 2.25. The maximum atomic E-state index is 12.3. The molecule has 0 aliphatic rings. The van der Waals surface area contributed by atoms with E-state index in [0.717, 1.165) is 11.3 Å². The smallest absolute Gasteiger partial charge is 0.228 e. The Balaban J connectivity index is 2.90. The molecule has 0 heterocycles. The minimum absolute atomic E-state index is 0.0193. The van der Waals surface area contributed by atoms with E-state index in [1.165, 1.54) is 0 Å². The molecule has 0 spiro atoms. The average molecular weight is 248 g/mol. The number of hydrogen-bond donors (Lipinski definition) is 2. The second-order valence-corrected chi connectivity index (χ2v) is 5.52. The van der Waals surface area contributed by atoms with Crippen molar-refractivity contribution in [3.63, 3.8) is 0 Å². The van der Waals surface area contributed by atoms with Crippen molar-refractivity contribution in [2.75, 3.05) is 11.1 Å². The van der Waals surface area contributed by atoms with Crippen molar-refractivity contribution >= 4 is 17.3 Å². The molecule has 0 aliphatic carbocycles. The van der Waals surface area contributed by atoms with E-state index in [1.807, 2.05) is 25.1 Å². The lowest BCUT2D eigenvalue weighted by molar-refractivity contribution is -0.122. The molecule has 1 aromatic carbocycles. The lowest BCUT2D eigenvalue weighted by atomic mass is 9.85. The Bertz CT molecular complexity index is 417. The van der Waals surface area contributed by atoms with Crippen LogP contribution in [0.3, 0.4) is 0 Å². The first-order valence-corrected chi connectivity index (χ1v) is 6.50. The molecule has 1 rings (SSSR count). The fraction of sp³-hybridized carbons (Fsp3) is 0.533. The van der Waals surface area contributed by atoms with Gasteiger partial charge in [-0.25, -0.2) is 0 Å². The zero-order valence-corrected chi connectivity index (χ0v) is 11.9. The number of nitrogens with one attached hydrogen (secondary N) is 1. The van der Waals surface area contributed by atoms with Crippen LogP contribution in [0.15, 0.2) is 18.2 Å². The first-order chi connectivity index (χ1) is 8.34. The summed E-state index contributed by atoms with van der Waals surface area (Å²) in [6.45, 7) is 10.2. The van der Waals surface area contributed by atoms with E-state index < -0.39 is 0 Å². The van der Waals surface area contributed by atoms with Gasteiger partial charge in [0.15, 0.2) is 0 Å². The number of rotatable bonds is 4. The molecular formula is C15H24N2O. The Kier molecular flexibility index (Phi) is 4.76. The van der Waals surface area contributed by atoms with E-state index in [9.17, 15) is 4.79 Å². The van der Waals surface area contributed by atoms with Crippen LogP contribution < -0.4 is 11.1 Å². The van der Waals surface area contributed by atoms with Crippen LogP contribution in [0.25, 0.3) is 0 Å². The molecular weight excluding hydrogens is 224 g/mol. The standard InChI is InChI=1S/C15H24N2O/c1-9(2)14(10(3)4)15(18)17-13-8-6-7-12(16)11(13)5/h6-10,14H,16H2,1-5H3,(H,17,18). The Morgan fingerprint density at radius 1 is 1.17 bits per heavy atom. The number of nitrogen functional groups attached to an aromatic ring is 1. The molecule has 0 saturated carbocycles. The van der Waals surface area contributed by atoms with Gasteiger partial charge in [0.25, 0.3) is 0 Å². The predicted molar refractivity (Wildman–Crippen MR) is 77.4 cm³/mol. The number of anilines is 2. The van der Waals surface area contributed by atoms with Crippen LogP contribution in [0.1, 0.15) is 33.3 Å². The summed E-state index contributed by atoms with van der Waals surface area (Å²) in [5.41, 5.74) is 8.29. The minimum atomic E-state index is 0.0193. The van der Waals surface area contributed by atoms with E-state index >= 15 is 0 Å². The van der Waals surface area contributed by atoms with Gasteiger partial charge in [-0.2, -0.15) is 0 Å². The highest BCUT2D eigenvalue weighted by atomic mass is 16.1. The molecule has 1 amide bonds. The lowest BCUT2D eigenvalue weighted by Crippen LogP contribution is -2.31. The highest BCUT2D eigenvalue weighted by Crippen LogP contribution is 2.25. The van der Waals surface area contributed by atoms with Crippen molar-refractivity contribution in [2.45, 2.75) is 34.6 Å². The molecule has 0 aromatic heterocycles. The molecule has 100 valence electrons. The van der Waals surface area contributed by atoms with Crippen LogP contribution in [0.2, 0.25) is 0 Å². The third-order valence-electron chi connectivity index (χ3n) is 3.37. The zero-order valence-electron chi connectivity index (χ0n) is 11.9. The van der Waals surface area contributed by atoms with Crippen LogP contribution in [-0.4, -0.2) is 5.91 Å². The normalized spacial score (nSPS) is 11.3. The van der Waals surface area contributed by atoms with Gasteiger partial charge < -0.3 is 11.1 Å². The van der Waals surface area contributed by atoms with E-state index in [1.54, 1.807) is 0 Å². The number of nitrogens with two attached hydrogens (primary N) is 1. The van der Waals surface area contributed by atoms with Gasteiger partial charge in [-0.1, -0.05) is 33.8 Å². The molecule has 0 bridgehead atoms. The molecule has 0 aliphatic heterocycles. The highest BCUT2D eigenvalue weighted by molar-refractivity contribution is 5.94. The van der Waals surface area contributed by atoms with Crippen LogP contribution in [0.4, 0.5) is 11.4 Å². The molecule has 3 heteroatoms. The largest absolute Gasteiger partial charge is 0.398 e. The summed E-state index contributed by atoms with van der Waals surface area (Å²) >= 11 is 0. The molecule has 0 radical (unpaired) electrons. The van der Waals surface area contributed by atoms with Crippen molar-refractivity contribution in [2.24, 2.45) is 17.8 Å². The predicted octanol–water partition coefficient (Wildman–Crippen LogP) is 3.44. The second kappa shape index (κ2) is 5.89. The van der Waals surface area contributed by atoms with E-state index in [-0.39, 0.29) is 11.8 Å². The second-order valence-electron chi connectivity index (χ2n) is 5.52. The van der Waals surface area contributed by atoms with E-state index in [0.29, 0.717) is 17.5 Å². The summed E-state index contributed by atoms with van der Waals surface area (Å²) in [5.74, 6) is 0.747. The number of benzene rings is 1.